The van der Waals surface area contributed by atoms with Crippen LogP contribution in [0.25, 0.3) is 5.57 Å². The first-order valence-electron chi connectivity index (χ1n) is 10.7. The standard InChI is InChI=1S/C27H26N2O5/c1-16-7-6-8-22(17(16)2)29-26(30)24(18-9-11-19(32-3)12-10-18)25(27(29)31)28-21-14-13-20(33-4)15-23(21)34-5/h6-15,28H,1-5H3. The molecule has 0 saturated heterocycles. The van der Waals surface area contributed by atoms with Crippen molar-refractivity contribution < 1.29 is 23.8 Å². The molecule has 7 nitrogen and oxygen atoms in total. The molecule has 1 N–H and O–H groups in total. The van der Waals surface area contributed by atoms with Crippen molar-refractivity contribution in [2.75, 3.05) is 31.5 Å². The molecule has 1 aliphatic rings. The fourth-order valence-electron chi connectivity index (χ4n) is 3.90. The Morgan fingerprint density at radius 3 is 2.09 bits per heavy atom. The Morgan fingerprint density at radius 1 is 0.765 bits per heavy atom. The van der Waals surface area contributed by atoms with Gasteiger partial charge in [0.15, 0.2) is 0 Å². The molecule has 0 bridgehead atoms. The van der Waals surface area contributed by atoms with Crippen LogP contribution in [0, 0.1) is 13.8 Å². The van der Waals surface area contributed by atoms with Crippen LogP contribution in [0.15, 0.2) is 66.4 Å². The Balaban J connectivity index is 1.85. The minimum absolute atomic E-state index is 0.166. The third-order valence-electron chi connectivity index (χ3n) is 5.95. The number of hydrogen-bond acceptors (Lipinski definition) is 6. The van der Waals surface area contributed by atoms with E-state index in [0.717, 1.165) is 11.1 Å². The molecule has 4 rings (SSSR count). The predicted molar refractivity (Wildman–Crippen MR) is 131 cm³/mol. The van der Waals surface area contributed by atoms with Crippen LogP contribution in [0.1, 0.15) is 16.7 Å². The average Bonchev–Trinajstić information content (AvgIpc) is 3.10. The number of rotatable bonds is 7. The van der Waals surface area contributed by atoms with E-state index < -0.39 is 11.8 Å². The first kappa shape index (κ1) is 22.9. The average molecular weight is 459 g/mol. The number of methoxy groups -OCH3 is 3. The van der Waals surface area contributed by atoms with E-state index in [9.17, 15) is 9.59 Å². The summed E-state index contributed by atoms with van der Waals surface area (Å²) in [4.78, 5) is 28.6. The minimum atomic E-state index is -0.442. The van der Waals surface area contributed by atoms with Crippen LogP contribution in [-0.4, -0.2) is 33.1 Å². The molecule has 0 saturated carbocycles. The highest BCUT2D eigenvalue weighted by Crippen LogP contribution is 2.38. The van der Waals surface area contributed by atoms with Crippen LogP contribution in [0.2, 0.25) is 0 Å². The molecule has 0 unspecified atom stereocenters. The second-order valence-corrected chi connectivity index (χ2v) is 7.83. The summed E-state index contributed by atoms with van der Waals surface area (Å²) in [6.07, 6.45) is 0. The number of benzene rings is 3. The summed E-state index contributed by atoms with van der Waals surface area (Å²) in [5, 5.41) is 3.16. The van der Waals surface area contributed by atoms with E-state index in [1.54, 1.807) is 62.8 Å². The predicted octanol–water partition coefficient (Wildman–Crippen LogP) is 4.73. The molecule has 1 heterocycles. The van der Waals surface area contributed by atoms with Crippen molar-refractivity contribution in [3.05, 3.63) is 83.1 Å². The van der Waals surface area contributed by atoms with Gasteiger partial charge >= 0.3 is 0 Å². The van der Waals surface area contributed by atoms with Gasteiger partial charge in [-0.15, -0.1) is 0 Å². The van der Waals surface area contributed by atoms with E-state index in [2.05, 4.69) is 5.32 Å². The molecule has 0 aliphatic carbocycles. The number of carbonyl (C=O) groups is 2. The van der Waals surface area contributed by atoms with Crippen LogP contribution in [0.4, 0.5) is 11.4 Å². The molecular weight excluding hydrogens is 432 g/mol. The fourth-order valence-corrected chi connectivity index (χ4v) is 3.90. The van der Waals surface area contributed by atoms with Gasteiger partial charge in [0.1, 0.15) is 22.9 Å². The van der Waals surface area contributed by atoms with Gasteiger partial charge < -0.3 is 19.5 Å². The molecule has 0 radical (unpaired) electrons. The van der Waals surface area contributed by atoms with E-state index >= 15 is 0 Å². The number of ether oxygens (including phenoxy) is 3. The smallest absolute Gasteiger partial charge is 0.282 e. The third kappa shape index (κ3) is 3.96. The number of carbonyl (C=O) groups excluding carboxylic acids is 2. The second kappa shape index (κ2) is 9.31. The SMILES string of the molecule is COc1ccc(C2=C(Nc3ccc(OC)cc3OC)C(=O)N(c3cccc(C)c3C)C2=O)cc1. The number of nitrogens with one attached hydrogen (secondary N) is 1. The number of imide groups is 1. The Morgan fingerprint density at radius 2 is 1.44 bits per heavy atom. The molecule has 2 amide bonds. The lowest BCUT2D eigenvalue weighted by Gasteiger charge is -2.19. The highest BCUT2D eigenvalue weighted by Gasteiger charge is 2.41. The van der Waals surface area contributed by atoms with Crippen molar-refractivity contribution in [2.24, 2.45) is 0 Å². The number of aryl methyl sites for hydroxylation is 1. The number of amides is 2. The summed E-state index contributed by atoms with van der Waals surface area (Å²) in [5.74, 6) is 0.893. The van der Waals surface area contributed by atoms with Gasteiger partial charge in [-0.2, -0.15) is 0 Å². The quantitative estimate of drug-likeness (QED) is 0.516. The molecule has 0 fully saturated rings. The van der Waals surface area contributed by atoms with Crippen molar-refractivity contribution in [3.8, 4) is 17.2 Å². The molecule has 174 valence electrons. The lowest BCUT2D eigenvalue weighted by atomic mass is 10.0. The molecule has 3 aromatic rings. The first-order chi connectivity index (χ1) is 16.4. The number of nitrogens with zero attached hydrogens (tertiary/aromatic N) is 1. The van der Waals surface area contributed by atoms with Gasteiger partial charge in [-0.1, -0.05) is 24.3 Å². The van der Waals surface area contributed by atoms with Crippen LogP contribution in [0.3, 0.4) is 0 Å². The Hall–Kier alpha value is -4.26. The maximum Gasteiger partial charge on any atom is 0.282 e. The summed E-state index contributed by atoms with van der Waals surface area (Å²) in [5.41, 5.74) is 3.98. The van der Waals surface area contributed by atoms with Crippen LogP contribution < -0.4 is 24.4 Å². The highest BCUT2D eigenvalue weighted by atomic mass is 16.5. The Bertz CT molecular complexity index is 1290. The maximum absolute atomic E-state index is 13.7. The van der Waals surface area contributed by atoms with Gasteiger partial charge in [0.2, 0.25) is 0 Å². The first-order valence-corrected chi connectivity index (χ1v) is 10.7. The minimum Gasteiger partial charge on any atom is -0.497 e. The zero-order valence-corrected chi connectivity index (χ0v) is 19.8. The van der Waals surface area contributed by atoms with Crippen molar-refractivity contribution in [3.63, 3.8) is 0 Å². The second-order valence-electron chi connectivity index (χ2n) is 7.83. The Kier molecular flexibility index (Phi) is 6.27. The van der Waals surface area contributed by atoms with E-state index in [1.165, 1.54) is 12.0 Å². The zero-order chi connectivity index (χ0) is 24.4. The van der Waals surface area contributed by atoms with Crippen molar-refractivity contribution in [1.29, 1.82) is 0 Å². The fraction of sp³-hybridized carbons (Fsp3) is 0.185. The molecule has 0 spiro atoms. The normalized spacial score (nSPS) is 13.4. The van der Waals surface area contributed by atoms with E-state index in [4.69, 9.17) is 14.2 Å². The van der Waals surface area contributed by atoms with Gasteiger partial charge in [-0.3, -0.25) is 9.59 Å². The molecule has 0 aromatic heterocycles. The number of anilines is 2. The van der Waals surface area contributed by atoms with Gasteiger partial charge in [0.05, 0.1) is 38.3 Å². The van der Waals surface area contributed by atoms with Crippen LogP contribution in [0.5, 0.6) is 17.2 Å². The topological polar surface area (TPSA) is 77.1 Å². The van der Waals surface area contributed by atoms with Gasteiger partial charge in [-0.05, 0) is 60.9 Å². The van der Waals surface area contributed by atoms with Crippen molar-refractivity contribution in [2.45, 2.75) is 13.8 Å². The zero-order valence-electron chi connectivity index (χ0n) is 19.8. The molecular formula is C27H26N2O5. The summed E-state index contributed by atoms with van der Waals surface area (Å²) in [7, 11) is 4.67. The van der Waals surface area contributed by atoms with E-state index in [0.29, 0.717) is 34.2 Å². The monoisotopic (exact) mass is 458 g/mol. The van der Waals surface area contributed by atoms with E-state index in [-0.39, 0.29) is 11.3 Å². The summed E-state index contributed by atoms with van der Waals surface area (Å²) in [6, 6.07) is 17.8. The summed E-state index contributed by atoms with van der Waals surface area (Å²) < 4.78 is 16.0. The summed E-state index contributed by atoms with van der Waals surface area (Å²) >= 11 is 0. The molecule has 1 aliphatic heterocycles. The largest absolute Gasteiger partial charge is 0.497 e. The van der Waals surface area contributed by atoms with Crippen molar-refractivity contribution >= 4 is 28.8 Å². The third-order valence-corrected chi connectivity index (χ3v) is 5.95. The van der Waals surface area contributed by atoms with Crippen LogP contribution in [-0.2, 0) is 9.59 Å². The molecule has 0 atom stereocenters. The van der Waals surface area contributed by atoms with Gasteiger partial charge in [0.25, 0.3) is 11.8 Å². The van der Waals surface area contributed by atoms with Crippen molar-refractivity contribution in [1.82, 2.24) is 0 Å². The van der Waals surface area contributed by atoms with Gasteiger partial charge in [0, 0.05) is 6.07 Å². The van der Waals surface area contributed by atoms with Gasteiger partial charge in [-0.25, -0.2) is 4.90 Å². The molecule has 3 aromatic carbocycles. The maximum atomic E-state index is 13.7. The lowest BCUT2D eigenvalue weighted by molar-refractivity contribution is -0.120. The summed E-state index contributed by atoms with van der Waals surface area (Å²) in [6.45, 7) is 3.85. The number of hydrogen-bond donors (Lipinski definition) is 1. The molecule has 34 heavy (non-hydrogen) atoms. The lowest BCUT2D eigenvalue weighted by Crippen LogP contribution is -2.33. The van der Waals surface area contributed by atoms with E-state index in [1.807, 2.05) is 26.0 Å². The van der Waals surface area contributed by atoms with Crippen LogP contribution >= 0.6 is 0 Å². The molecule has 7 heteroatoms. The Labute approximate surface area is 198 Å². The highest BCUT2D eigenvalue weighted by molar-refractivity contribution is 6.46.